The molecule has 1 aromatic heterocycles. The van der Waals surface area contributed by atoms with E-state index in [2.05, 4.69) is 10.3 Å². The number of amides is 1. The van der Waals surface area contributed by atoms with Crippen LogP contribution in [0.1, 0.15) is 20.8 Å². The SMILES string of the molecule is CC(C)S(=O)(=O)C(C)C(=O)Nc1nc(-c2ccccc2)cs1. The molecule has 0 radical (unpaired) electrons. The Morgan fingerprint density at radius 2 is 1.82 bits per heavy atom. The molecule has 0 saturated heterocycles. The average Bonchev–Trinajstić information content (AvgIpc) is 2.95. The molecule has 7 heteroatoms. The van der Waals surface area contributed by atoms with Gasteiger partial charge in [-0.25, -0.2) is 13.4 Å². The number of nitrogens with one attached hydrogen (secondary N) is 1. The molecule has 1 atom stereocenters. The van der Waals surface area contributed by atoms with Gasteiger partial charge in [0.2, 0.25) is 5.91 Å². The summed E-state index contributed by atoms with van der Waals surface area (Å²) in [5.41, 5.74) is 1.70. The summed E-state index contributed by atoms with van der Waals surface area (Å²) in [5.74, 6) is -0.553. The molecule has 5 nitrogen and oxygen atoms in total. The van der Waals surface area contributed by atoms with Crippen molar-refractivity contribution >= 4 is 32.2 Å². The maximum Gasteiger partial charge on any atom is 0.244 e. The van der Waals surface area contributed by atoms with Gasteiger partial charge in [0.05, 0.1) is 10.9 Å². The second-order valence-electron chi connectivity index (χ2n) is 5.17. The first-order valence-corrected chi connectivity index (χ1v) is 9.36. The van der Waals surface area contributed by atoms with Crippen LogP contribution in [-0.2, 0) is 14.6 Å². The molecule has 118 valence electrons. The van der Waals surface area contributed by atoms with E-state index in [1.54, 1.807) is 13.8 Å². The van der Waals surface area contributed by atoms with E-state index in [1.807, 2.05) is 35.7 Å². The fourth-order valence-electron chi connectivity index (χ4n) is 1.84. The summed E-state index contributed by atoms with van der Waals surface area (Å²) in [5, 5.41) is 3.11. The zero-order chi connectivity index (χ0) is 16.3. The number of hydrogen-bond acceptors (Lipinski definition) is 5. The Balaban J connectivity index is 2.12. The number of benzene rings is 1. The molecule has 0 fully saturated rings. The third-order valence-electron chi connectivity index (χ3n) is 3.32. The van der Waals surface area contributed by atoms with E-state index in [0.717, 1.165) is 11.3 Å². The summed E-state index contributed by atoms with van der Waals surface area (Å²) in [7, 11) is -3.48. The zero-order valence-electron chi connectivity index (χ0n) is 12.6. The minimum Gasteiger partial charge on any atom is -0.301 e. The summed E-state index contributed by atoms with van der Waals surface area (Å²) < 4.78 is 24.0. The highest BCUT2D eigenvalue weighted by molar-refractivity contribution is 7.93. The summed E-state index contributed by atoms with van der Waals surface area (Å²) in [6.45, 7) is 4.53. The summed E-state index contributed by atoms with van der Waals surface area (Å²) in [6, 6.07) is 9.57. The standard InChI is InChI=1S/C15H18N2O3S2/c1-10(2)22(19,20)11(3)14(18)17-15-16-13(9-21-15)12-7-5-4-6-8-12/h4-11H,1-3H3,(H,16,17,18). The zero-order valence-corrected chi connectivity index (χ0v) is 14.2. The van der Waals surface area contributed by atoms with Crippen molar-refractivity contribution in [2.75, 3.05) is 5.32 Å². The van der Waals surface area contributed by atoms with E-state index in [0.29, 0.717) is 5.13 Å². The molecular weight excluding hydrogens is 320 g/mol. The quantitative estimate of drug-likeness (QED) is 0.909. The number of carbonyl (C=O) groups excluding carboxylic acids is 1. The molecule has 1 N–H and O–H groups in total. The first-order valence-electron chi connectivity index (χ1n) is 6.87. The van der Waals surface area contributed by atoms with E-state index in [4.69, 9.17) is 0 Å². The lowest BCUT2D eigenvalue weighted by Crippen LogP contribution is -2.36. The van der Waals surface area contributed by atoms with Gasteiger partial charge in [0.25, 0.3) is 0 Å². The molecule has 0 aliphatic carbocycles. The highest BCUT2D eigenvalue weighted by Crippen LogP contribution is 2.25. The van der Waals surface area contributed by atoms with Gasteiger partial charge >= 0.3 is 0 Å². The number of nitrogens with zero attached hydrogens (tertiary/aromatic N) is 1. The topological polar surface area (TPSA) is 76.1 Å². The number of hydrogen-bond donors (Lipinski definition) is 1. The van der Waals surface area contributed by atoms with Crippen LogP contribution in [0, 0.1) is 0 Å². The Labute approximate surface area is 134 Å². The maximum atomic E-state index is 12.1. The average molecular weight is 338 g/mol. The van der Waals surface area contributed by atoms with Crippen LogP contribution in [0.15, 0.2) is 35.7 Å². The van der Waals surface area contributed by atoms with Crippen molar-refractivity contribution in [3.8, 4) is 11.3 Å². The van der Waals surface area contributed by atoms with Crippen LogP contribution in [0.2, 0.25) is 0 Å². The van der Waals surface area contributed by atoms with Crippen LogP contribution in [0.25, 0.3) is 11.3 Å². The fourth-order valence-corrected chi connectivity index (χ4v) is 3.73. The number of rotatable bonds is 5. The molecule has 2 rings (SSSR count). The maximum absolute atomic E-state index is 12.1. The molecule has 1 amide bonds. The number of thiazole rings is 1. The van der Waals surface area contributed by atoms with Crippen LogP contribution in [0.4, 0.5) is 5.13 Å². The normalized spacial score (nSPS) is 13.1. The lowest BCUT2D eigenvalue weighted by atomic mass is 10.2. The smallest absolute Gasteiger partial charge is 0.244 e. The number of sulfone groups is 1. The van der Waals surface area contributed by atoms with Crippen molar-refractivity contribution < 1.29 is 13.2 Å². The molecule has 1 heterocycles. The molecule has 1 unspecified atom stereocenters. The van der Waals surface area contributed by atoms with E-state index < -0.39 is 26.2 Å². The fraction of sp³-hybridized carbons (Fsp3) is 0.333. The van der Waals surface area contributed by atoms with E-state index in [9.17, 15) is 13.2 Å². The van der Waals surface area contributed by atoms with Gasteiger partial charge in [-0.1, -0.05) is 30.3 Å². The minimum atomic E-state index is -3.48. The van der Waals surface area contributed by atoms with Gasteiger partial charge in [-0.3, -0.25) is 4.79 Å². The Bertz CT molecular complexity index is 752. The van der Waals surface area contributed by atoms with Crippen molar-refractivity contribution in [3.05, 3.63) is 35.7 Å². The van der Waals surface area contributed by atoms with Gasteiger partial charge in [-0.2, -0.15) is 0 Å². The van der Waals surface area contributed by atoms with Crippen molar-refractivity contribution in [2.45, 2.75) is 31.3 Å². The molecule has 0 spiro atoms. The van der Waals surface area contributed by atoms with E-state index >= 15 is 0 Å². The van der Waals surface area contributed by atoms with Crippen LogP contribution < -0.4 is 5.32 Å². The molecule has 2 aromatic rings. The molecular formula is C15H18N2O3S2. The Morgan fingerprint density at radius 1 is 1.18 bits per heavy atom. The summed E-state index contributed by atoms with van der Waals surface area (Å²) in [4.78, 5) is 16.4. The molecule has 0 aliphatic heterocycles. The third kappa shape index (κ3) is 3.53. The number of aromatic nitrogens is 1. The van der Waals surface area contributed by atoms with E-state index in [-0.39, 0.29) is 0 Å². The Morgan fingerprint density at radius 3 is 2.41 bits per heavy atom. The lowest BCUT2D eigenvalue weighted by Gasteiger charge is -2.14. The Kier molecular flexibility index (Phi) is 4.97. The van der Waals surface area contributed by atoms with Crippen LogP contribution >= 0.6 is 11.3 Å². The van der Waals surface area contributed by atoms with Crippen molar-refractivity contribution in [2.24, 2.45) is 0 Å². The summed E-state index contributed by atoms with van der Waals surface area (Å²) >= 11 is 1.27. The predicted octanol–water partition coefficient (Wildman–Crippen LogP) is 2.96. The molecule has 22 heavy (non-hydrogen) atoms. The highest BCUT2D eigenvalue weighted by Gasteiger charge is 2.31. The second kappa shape index (κ2) is 6.58. The molecule has 0 saturated carbocycles. The molecule has 0 bridgehead atoms. The van der Waals surface area contributed by atoms with Gasteiger partial charge in [-0.05, 0) is 20.8 Å². The van der Waals surface area contributed by atoms with Crippen molar-refractivity contribution in [1.82, 2.24) is 4.98 Å². The first-order chi connectivity index (χ1) is 10.3. The first kappa shape index (κ1) is 16.6. The minimum absolute atomic E-state index is 0.398. The van der Waals surface area contributed by atoms with Crippen molar-refractivity contribution in [1.29, 1.82) is 0 Å². The monoisotopic (exact) mass is 338 g/mol. The Hall–Kier alpha value is -1.73. The van der Waals surface area contributed by atoms with Crippen LogP contribution in [-0.4, -0.2) is 29.8 Å². The van der Waals surface area contributed by atoms with Gasteiger partial charge in [0.1, 0.15) is 5.25 Å². The number of anilines is 1. The third-order valence-corrected chi connectivity index (χ3v) is 6.59. The lowest BCUT2D eigenvalue weighted by molar-refractivity contribution is -0.115. The van der Waals surface area contributed by atoms with Crippen molar-refractivity contribution in [3.63, 3.8) is 0 Å². The van der Waals surface area contributed by atoms with Gasteiger partial charge in [0, 0.05) is 10.9 Å². The van der Waals surface area contributed by atoms with E-state index in [1.165, 1.54) is 18.3 Å². The summed E-state index contributed by atoms with van der Waals surface area (Å²) in [6.07, 6.45) is 0. The molecule has 0 aliphatic rings. The largest absolute Gasteiger partial charge is 0.301 e. The van der Waals surface area contributed by atoms with Crippen LogP contribution in [0.5, 0.6) is 0 Å². The van der Waals surface area contributed by atoms with Crippen LogP contribution in [0.3, 0.4) is 0 Å². The predicted molar refractivity (Wildman–Crippen MR) is 89.7 cm³/mol. The van der Waals surface area contributed by atoms with Gasteiger partial charge in [-0.15, -0.1) is 11.3 Å². The number of carbonyl (C=O) groups is 1. The second-order valence-corrected chi connectivity index (χ2v) is 8.86. The highest BCUT2D eigenvalue weighted by atomic mass is 32.2. The van der Waals surface area contributed by atoms with Gasteiger partial charge in [0.15, 0.2) is 15.0 Å². The molecule has 1 aromatic carbocycles. The van der Waals surface area contributed by atoms with Gasteiger partial charge < -0.3 is 5.32 Å².